The van der Waals surface area contributed by atoms with E-state index in [0.717, 1.165) is 24.1 Å². The molecule has 0 saturated carbocycles. The van der Waals surface area contributed by atoms with Gasteiger partial charge in [0.25, 0.3) is 0 Å². The van der Waals surface area contributed by atoms with E-state index in [-0.39, 0.29) is 18.3 Å². The number of benzene rings is 1. The summed E-state index contributed by atoms with van der Waals surface area (Å²) in [6.07, 6.45) is 2.03. The van der Waals surface area contributed by atoms with Crippen LogP contribution in [0.3, 0.4) is 0 Å². The highest BCUT2D eigenvalue weighted by atomic mass is 35.5. The molecule has 4 heteroatoms. The molecule has 90 valence electrons. The predicted molar refractivity (Wildman–Crippen MR) is 70.0 cm³/mol. The molecule has 3 nitrogen and oxygen atoms in total. The molecular weight excluding hydrogens is 224 g/mol. The van der Waals surface area contributed by atoms with Gasteiger partial charge in [0.1, 0.15) is 0 Å². The Balaban J connectivity index is 0.00000225. The lowest BCUT2D eigenvalue weighted by atomic mass is 10.1. The molecule has 0 aliphatic rings. The third-order valence-electron chi connectivity index (χ3n) is 2.21. The molecule has 3 N–H and O–H groups in total. The average Bonchev–Trinajstić information content (AvgIpc) is 2.21. The fourth-order valence-electron chi connectivity index (χ4n) is 1.38. The first kappa shape index (κ1) is 14.9. The minimum Gasteiger partial charge on any atom is -0.324 e. The fraction of sp³-hybridized carbons (Fsp3) is 0.417. The van der Waals surface area contributed by atoms with Gasteiger partial charge < -0.3 is 11.1 Å². The number of hydrogen-bond donors (Lipinski definition) is 2. The van der Waals surface area contributed by atoms with Crippen molar-refractivity contribution in [3.05, 3.63) is 29.8 Å². The first-order valence-electron chi connectivity index (χ1n) is 5.29. The van der Waals surface area contributed by atoms with Crippen LogP contribution in [-0.2, 0) is 11.2 Å². The van der Waals surface area contributed by atoms with Gasteiger partial charge in [-0.1, -0.05) is 31.5 Å². The van der Waals surface area contributed by atoms with Crippen molar-refractivity contribution in [3.63, 3.8) is 0 Å². The number of para-hydroxylation sites is 1. The summed E-state index contributed by atoms with van der Waals surface area (Å²) in [7, 11) is 0. The minimum absolute atomic E-state index is 0. The molecule has 1 atom stereocenters. The number of rotatable bonds is 4. The number of carbonyl (C=O) groups is 1. The summed E-state index contributed by atoms with van der Waals surface area (Å²) >= 11 is 0. The predicted octanol–water partition coefficient (Wildman–Crippen LogP) is 2.35. The smallest absolute Gasteiger partial charge is 0.241 e. The number of amides is 1. The van der Waals surface area contributed by atoms with Crippen LogP contribution in [0.15, 0.2) is 24.3 Å². The van der Waals surface area contributed by atoms with Crippen LogP contribution >= 0.6 is 12.4 Å². The maximum atomic E-state index is 11.4. The van der Waals surface area contributed by atoms with E-state index >= 15 is 0 Å². The number of nitrogens with two attached hydrogens (primary N) is 1. The second kappa shape index (κ2) is 7.25. The molecular formula is C12H19ClN2O. The van der Waals surface area contributed by atoms with Gasteiger partial charge in [0.05, 0.1) is 6.04 Å². The first-order chi connectivity index (χ1) is 7.15. The summed E-state index contributed by atoms with van der Waals surface area (Å²) in [4.78, 5) is 11.4. The molecule has 1 amide bonds. The van der Waals surface area contributed by atoms with Crippen molar-refractivity contribution in [1.82, 2.24) is 0 Å². The highest BCUT2D eigenvalue weighted by molar-refractivity contribution is 5.95. The molecule has 0 spiro atoms. The Morgan fingerprint density at radius 3 is 2.62 bits per heavy atom. The Morgan fingerprint density at radius 1 is 1.44 bits per heavy atom. The summed E-state index contributed by atoms with van der Waals surface area (Å²) in [6.45, 7) is 3.79. The van der Waals surface area contributed by atoms with Crippen LogP contribution in [0.5, 0.6) is 0 Å². The Morgan fingerprint density at radius 2 is 2.06 bits per heavy atom. The zero-order valence-electron chi connectivity index (χ0n) is 9.69. The van der Waals surface area contributed by atoms with Crippen molar-refractivity contribution in [3.8, 4) is 0 Å². The Bertz CT molecular complexity index is 340. The molecule has 0 radical (unpaired) electrons. The second-order valence-corrected chi connectivity index (χ2v) is 3.69. The molecule has 0 fully saturated rings. The molecule has 0 bridgehead atoms. The Hall–Kier alpha value is -1.06. The second-order valence-electron chi connectivity index (χ2n) is 3.69. The van der Waals surface area contributed by atoms with E-state index in [1.165, 1.54) is 0 Å². The quantitative estimate of drug-likeness (QED) is 0.852. The van der Waals surface area contributed by atoms with Crippen molar-refractivity contribution in [2.24, 2.45) is 5.73 Å². The van der Waals surface area contributed by atoms with Crippen molar-refractivity contribution < 1.29 is 4.79 Å². The number of nitrogens with one attached hydrogen (secondary N) is 1. The minimum atomic E-state index is -0.473. The molecule has 1 aromatic rings. The summed E-state index contributed by atoms with van der Waals surface area (Å²) in [6, 6.07) is 7.35. The van der Waals surface area contributed by atoms with E-state index < -0.39 is 6.04 Å². The normalized spacial score (nSPS) is 11.4. The number of halogens is 1. The van der Waals surface area contributed by atoms with Crippen LogP contribution in [0.2, 0.25) is 0 Å². The zero-order chi connectivity index (χ0) is 11.3. The standard InChI is InChI=1S/C12H18N2O.ClH/c1-3-6-10-7-4-5-8-11(10)14-12(15)9(2)13;/h4-5,7-9H,3,6,13H2,1-2H3,(H,14,15);1H. The van der Waals surface area contributed by atoms with Gasteiger partial charge in [-0.25, -0.2) is 0 Å². The third-order valence-corrected chi connectivity index (χ3v) is 2.21. The van der Waals surface area contributed by atoms with Gasteiger partial charge >= 0.3 is 0 Å². The summed E-state index contributed by atoms with van der Waals surface area (Å²) in [5, 5.41) is 2.83. The molecule has 1 aromatic carbocycles. The van der Waals surface area contributed by atoms with Gasteiger partial charge in [0.2, 0.25) is 5.91 Å². The zero-order valence-corrected chi connectivity index (χ0v) is 10.5. The number of aryl methyl sites for hydroxylation is 1. The Kier molecular flexibility index (Phi) is 6.77. The van der Waals surface area contributed by atoms with Gasteiger partial charge in [-0.15, -0.1) is 12.4 Å². The lowest BCUT2D eigenvalue weighted by molar-refractivity contribution is -0.117. The van der Waals surface area contributed by atoms with Crippen molar-refractivity contribution in [1.29, 1.82) is 0 Å². The van der Waals surface area contributed by atoms with E-state index in [9.17, 15) is 4.79 Å². The van der Waals surface area contributed by atoms with E-state index in [0.29, 0.717) is 0 Å². The van der Waals surface area contributed by atoms with Crippen molar-refractivity contribution >= 4 is 24.0 Å². The monoisotopic (exact) mass is 242 g/mol. The van der Waals surface area contributed by atoms with Gasteiger partial charge in [-0.3, -0.25) is 4.79 Å². The number of hydrogen-bond acceptors (Lipinski definition) is 2. The maximum Gasteiger partial charge on any atom is 0.241 e. The van der Waals surface area contributed by atoms with Crippen LogP contribution < -0.4 is 11.1 Å². The molecule has 1 rings (SSSR count). The lowest BCUT2D eigenvalue weighted by Gasteiger charge is -2.11. The van der Waals surface area contributed by atoms with Crippen LogP contribution in [0.4, 0.5) is 5.69 Å². The third kappa shape index (κ3) is 4.21. The topological polar surface area (TPSA) is 55.1 Å². The van der Waals surface area contributed by atoms with E-state index in [1.54, 1.807) is 6.92 Å². The SMILES string of the molecule is CCCc1ccccc1NC(=O)C(C)N.Cl. The highest BCUT2D eigenvalue weighted by Gasteiger charge is 2.09. The van der Waals surface area contributed by atoms with Crippen molar-refractivity contribution in [2.45, 2.75) is 32.7 Å². The average molecular weight is 243 g/mol. The molecule has 0 aliphatic heterocycles. The van der Waals surface area contributed by atoms with Crippen molar-refractivity contribution in [2.75, 3.05) is 5.32 Å². The Labute approximate surface area is 103 Å². The van der Waals surface area contributed by atoms with Crippen LogP contribution in [0.25, 0.3) is 0 Å². The molecule has 0 saturated heterocycles. The highest BCUT2D eigenvalue weighted by Crippen LogP contribution is 2.16. The molecule has 16 heavy (non-hydrogen) atoms. The molecule has 0 aliphatic carbocycles. The lowest BCUT2D eigenvalue weighted by Crippen LogP contribution is -2.32. The van der Waals surface area contributed by atoms with Gasteiger partial charge in [0.15, 0.2) is 0 Å². The maximum absolute atomic E-state index is 11.4. The summed E-state index contributed by atoms with van der Waals surface area (Å²) < 4.78 is 0. The van der Waals surface area contributed by atoms with Crippen LogP contribution in [-0.4, -0.2) is 11.9 Å². The largest absolute Gasteiger partial charge is 0.324 e. The summed E-state index contributed by atoms with van der Waals surface area (Å²) in [5.74, 6) is -0.140. The van der Waals surface area contributed by atoms with E-state index in [2.05, 4.69) is 12.2 Å². The van der Waals surface area contributed by atoms with Gasteiger partial charge in [-0.05, 0) is 25.0 Å². The molecule has 0 heterocycles. The van der Waals surface area contributed by atoms with Crippen LogP contribution in [0.1, 0.15) is 25.8 Å². The van der Waals surface area contributed by atoms with E-state index in [4.69, 9.17) is 5.73 Å². The molecule has 0 aromatic heterocycles. The number of anilines is 1. The van der Waals surface area contributed by atoms with Crippen LogP contribution in [0, 0.1) is 0 Å². The summed E-state index contributed by atoms with van der Waals surface area (Å²) in [5.41, 5.74) is 7.53. The van der Waals surface area contributed by atoms with Gasteiger partial charge in [0, 0.05) is 5.69 Å². The fourth-order valence-corrected chi connectivity index (χ4v) is 1.38. The molecule has 1 unspecified atom stereocenters. The van der Waals surface area contributed by atoms with E-state index in [1.807, 2.05) is 24.3 Å². The van der Waals surface area contributed by atoms with Gasteiger partial charge in [-0.2, -0.15) is 0 Å². The first-order valence-corrected chi connectivity index (χ1v) is 5.29. The number of carbonyl (C=O) groups excluding carboxylic acids is 1.